The van der Waals surface area contributed by atoms with Crippen LogP contribution in [0.4, 0.5) is 5.00 Å². The molecule has 14 heteroatoms. The van der Waals surface area contributed by atoms with Gasteiger partial charge in [0.1, 0.15) is 15.6 Å². The number of nitrogens with zero attached hydrogens (tertiary/aromatic N) is 3. The van der Waals surface area contributed by atoms with E-state index in [1.54, 1.807) is 39.8 Å². The highest BCUT2D eigenvalue weighted by Gasteiger charge is 2.29. The van der Waals surface area contributed by atoms with E-state index in [0.29, 0.717) is 35.3 Å². The minimum absolute atomic E-state index is 0.105. The summed E-state index contributed by atoms with van der Waals surface area (Å²) in [7, 11) is 0. The molecule has 47 heavy (non-hydrogen) atoms. The second kappa shape index (κ2) is 17.3. The van der Waals surface area contributed by atoms with Gasteiger partial charge in [-0.3, -0.25) is 9.59 Å². The van der Waals surface area contributed by atoms with E-state index in [4.69, 9.17) is 14.2 Å². The van der Waals surface area contributed by atoms with Gasteiger partial charge in [-0.05, 0) is 57.4 Å². The molecule has 1 atom stereocenters. The van der Waals surface area contributed by atoms with Gasteiger partial charge in [-0.2, -0.15) is 0 Å². The number of anilines is 1. The van der Waals surface area contributed by atoms with Gasteiger partial charge >= 0.3 is 11.9 Å². The summed E-state index contributed by atoms with van der Waals surface area (Å²) in [5.41, 5.74) is 1.60. The highest BCUT2D eigenvalue weighted by molar-refractivity contribution is 8.00. The first kappa shape index (κ1) is 35.2. The minimum atomic E-state index is -0.681. The van der Waals surface area contributed by atoms with Crippen molar-refractivity contribution < 1.29 is 33.4 Å². The van der Waals surface area contributed by atoms with E-state index in [2.05, 4.69) is 20.8 Å². The lowest BCUT2D eigenvalue weighted by molar-refractivity contribution is -0.123. The molecule has 0 aliphatic carbocycles. The van der Waals surface area contributed by atoms with Crippen molar-refractivity contribution in [1.29, 1.82) is 0 Å². The summed E-state index contributed by atoms with van der Waals surface area (Å²) >= 11 is 2.15. The topological polar surface area (TPSA) is 151 Å². The number of carbonyl (C=O) groups excluding carboxylic acids is 4. The first-order valence-corrected chi connectivity index (χ1v) is 16.8. The summed E-state index contributed by atoms with van der Waals surface area (Å²) in [6.07, 6.45) is 0.666. The average molecular weight is 680 g/mol. The van der Waals surface area contributed by atoms with Gasteiger partial charge in [0.05, 0.1) is 30.6 Å². The molecule has 0 bridgehead atoms. The number of esters is 2. The van der Waals surface area contributed by atoms with Crippen molar-refractivity contribution in [3.05, 3.63) is 88.1 Å². The van der Waals surface area contributed by atoms with E-state index >= 15 is 0 Å². The molecule has 4 aromatic rings. The van der Waals surface area contributed by atoms with Gasteiger partial charge in [0.15, 0.2) is 17.6 Å². The molecule has 0 unspecified atom stereocenters. The molecule has 0 fully saturated rings. The first-order chi connectivity index (χ1) is 22.7. The average Bonchev–Trinajstić information content (AvgIpc) is 3.61. The van der Waals surface area contributed by atoms with Crippen LogP contribution in [-0.2, 0) is 38.6 Å². The van der Waals surface area contributed by atoms with Crippen molar-refractivity contribution in [2.24, 2.45) is 0 Å². The third-order valence-corrected chi connectivity index (χ3v) is 9.06. The highest BCUT2D eigenvalue weighted by atomic mass is 32.2. The maximum atomic E-state index is 13.4. The van der Waals surface area contributed by atoms with Crippen LogP contribution in [0.3, 0.4) is 0 Å². The molecule has 2 N–H and O–H groups in total. The Labute approximate surface area is 281 Å². The second-order valence-electron chi connectivity index (χ2n) is 10.1. The number of para-hydroxylation sites is 1. The lowest BCUT2D eigenvalue weighted by atomic mass is 10.1. The van der Waals surface area contributed by atoms with Crippen LogP contribution in [0, 0.1) is 6.92 Å². The number of aromatic nitrogens is 3. The first-order valence-electron chi connectivity index (χ1n) is 15.1. The van der Waals surface area contributed by atoms with E-state index in [-0.39, 0.29) is 47.7 Å². The Morgan fingerprint density at radius 3 is 2.28 bits per heavy atom. The fourth-order valence-electron chi connectivity index (χ4n) is 4.41. The Morgan fingerprint density at radius 2 is 1.60 bits per heavy atom. The lowest BCUT2D eigenvalue weighted by Crippen LogP contribution is -2.30. The van der Waals surface area contributed by atoms with Crippen LogP contribution in [0.25, 0.3) is 0 Å². The van der Waals surface area contributed by atoms with Crippen LogP contribution in [0.5, 0.6) is 5.75 Å². The number of carbonyl (C=O) groups is 4. The van der Waals surface area contributed by atoms with Crippen molar-refractivity contribution in [2.45, 2.75) is 57.6 Å². The zero-order valence-electron chi connectivity index (χ0n) is 26.6. The van der Waals surface area contributed by atoms with Crippen LogP contribution in [0.15, 0.2) is 65.8 Å². The molecular weight excluding hydrogens is 643 g/mol. The molecule has 0 radical (unpaired) electrons. The molecule has 2 heterocycles. The Kier molecular flexibility index (Phi) is 12.9. The number of thioether (sulfide) groups is 1. The predicted octanol–water partition coefficient (Wildman–Crippen LogP) is 5.06. The molecule has 2 aromatic carbocycles. The normalized spacial score (nSPS) is 11.4. The molecule has 2 amide bonds. The Bertz CT molecular complexity index is 1680. The monoisotopic (exact) mass is 679 g/mol. The molecule has 0 aliphatic rings. The quantitative estimate of drug-likeness (QED) is 0.122. The van der Waals surface area contributed by atoms with Gasteiger partial charge in [-0.1, -0.05) is 60.3 Å². The zero-order chi connectivity index (χ0) is 33.8. The predicted molar refractivity (Wildman–Crippen MR) is 179 cm³/mol. The van der Waals surface area contributed by atoms with Crippen molar-refractivity contribution >= 4 is 51.9 Å². The van der Waals surface area contributed by atoms with E-state index in [9.17, 15) is 19.2 Å². The molecule has 4 rings (SSSR count). The lowest BCUT2D eigenvalue weighted by Gasteiger charge is -2.14. The van der Waals surface area contributed by atoms with Crippen molar-refractivity contribution in [2.75, 3.05) is 25.1 Å². The van der Waals surface area contributed by atoms with Crippen LogP contribution in [-0.4, -0.2) is 63.6 Å². The maximum absolute atomic E-state index is 13.4. The number of benzene rings is 2. The SMILES string of the molecule is CCOC(=O)c1sc(NC(=O)[C@H](C)Sc2nnc(CNC(=O)COc3ccccc3)n2CCc2ccccc2)c(C(=O)OCC)c1C. The minimum Gasteiger partial charge on any atom is -0.484 e. The molecule has 0 saturated heterocycles. The second-order valence-corrected chi connectivity index (χ2v) is 12.4. The van der Waals surface area contributed by atoms with Crippen molar-refractivity contribution in [3.8, 4) is 5.75 Å². The van der Waals surface area contributed by atoms with Crippen LogP contribution >= 0.6 is 23.1 Å². The summed E-state index contributed by atoms with van der Waals surface area (Å²) in [6.45, 7) is 7.42. The van der Waals surface area contributed by atoms with Gasteiger partial charge in [-0.25, -0.2) is 9.59 Å². The molecule has 0 saturated carbocycles. The standard InChI is InChI=1S/C33H37N5O7S2/c1-5-43-31(41)27-21(3)28(32(42)44-6-2)47-30(27)35-29(40)22(4)46-33-37-36-25(38(33)18-17-23-13-9-7-10-14-23)19-34-26(39)20-45-24-15-11-8-12-16-24/h7-16,22H,5-6,17-20H2,1-4H3,(H,34,39)(H,35,40)/t22-/m0/s1. The number of rotatable bonds is 16. The maximum Gasteiger partial charge on any atom is 0.348 e. The van der Waals surface area contributed by atoms with Crippen LogP contribution in [0.2, 0.25) is 0 Å². The summed E-state index contributed by atoms with van der Waals surface area (Å²) in [5.74, 6) is -0.859. The molecule has 0 spiro atoms. The molecule has 2 aromatic heterocycles. The van der Waals surface area contributed by atoms with E-state index in [1.807, 2.05) is 53.1 Å². The van der Waals surface area contributed by atoms with Gasteiger partial charge in [0.2, 0.25) is 5.91 Å². The summed E-state index contributed by atoms with van der Waals surface area (Å²) in [4.78, 5) is 51.5. The molecule has 248 valence electrons. The van der Waals surface area contributed by atoms with Gasteiger partial charge in [0, 0.05) is 6.54 Å². The fraction of sp³-hybridized carbons (Fsp3) is 0.333. The number of hydrogen-bond donors (Lipinski definition) is 2. The third kappa shape index (κ3) is 9.66. The Hall–Kier alpha value is -4.69. The van der Waals surface area contributed by atoms with Crippen molar-refractivity contribution in [3.63, 3.8) is 0 Å². The molecule has 0 aliphatic heterocycles. The Balaban J connectivity index is 1.49. The molecule has 12 nitrogen and oxygen atoms in total. The number of aryl methyl sites for hydroxylation is 1. The van der Waals surface area contributed by atoms with E-state index in [1.165, 1.54) is 11.8 Å². The number of hydrogen-bond acceptors (Lipinski definition) is 11. The van der Waals surface area contributed by atoms with E-state index < -0.39 is 23.1 Å². The fourth-order valence-corrected chi connectivity index (χ4v) is 6.39. The highest BCUT2D eigenvalue weighted by Crippen LogP contribution is 2.35. The van der Waals surface area contributed by atoms with Crippen LogP contribution < -0.4 is 15.4 Å². The summed E-state index contributed by atoms with van der Waals surface area (Å²) in [5, 5.41) is 14.3. The summed E-state index contributed by atoms with van der Waals surface area (Å²) in [6, 6.07) is 18.9. The number of thiophene rings is 1. The van der Waals surface area contributed by atoms with Crippen LogP contribution in [0.1, 0.15) is 57.8 Å². The number of amides is 2. The smallest absolute Gasteiger partial charge is 0.348 e. The van der Waals surface area contributed by atoms with Crippen molar-refractivity contribution in [1.82, 2.24) is 20.1 Å². The summed E-state index contributed by atoms with van der Waals surface area (Å²) < 4.78 is 17.7. The largest absolute Gasteiger partial charge is 0.484 e. The number of nitrogens with one attached hydrogen (secondary N) is 2. The molecular formula is C33H37N5O7S2. The van der Waals surface area contributed by atoms with E-state index in [0.717, 1.165) is 16.9 Å². The van der Waals surface area contributed by atoms with Gasteiger partial charge < -0.3 is 29.4 Å². The number of ether oxygens (including phenoxy) is 3. The Morgan fingerprint density at radius 1 is 0.936 bits per heavy atom. The van der Waals surface area contributed by atoms with Gasteiger partial charge in [-0.15, -0.1) is 21.5 Å². The van der Waals surface area contributed by atoms with Gasteiger partial charge in [0.25, 0.3) is 5.91 Å². The third-order valence-electron chi connectivity index (χ3n) is 6.79. The zero-order valence-corrected chi connectivity index (χ0v) is 28.2.